The highest BCUT2D eigenvalue weighted by molar-refractivity contribution is 5.98. The van der Waals surface area contributed by atoms with Crippen molar-refractivity contribution in [1.29, 1.82) is 0 Å². The van der Waals surface area contributed by atoms with Crippen molar-refractivity contribution in [2.45, 2.75) is 31.9 Å². The molecule has 0 bridgehead atoms. The van der Waals surface area contributed by atoms with E-state index in [4.69, 9.17) is 9.84 Å². The van der Waals surface area contributed by atoms with Gasteiger partial charge in [-0.1, -0.05) is 24.3 Å². The van der Waals surface area contributed by atoms with Crippen molar-refractivity contribution < 1.29 is 24.2 Å². The lowest BCUT2D eigenvalue weighted by molar-refractivity contribution is -0.141. The van der Waals surface area contributed by atoms with Crippen molar-refractivity contribution in [1.82, 2.24) is 9.88 Å². The molecule has 1 aromatic carbocycles. The Morgan fingerprint density at radius 3 is 2.79 bits per heavy atom. The molecule has 8 nitrogen and oxygen atoms in total. The Balaban J connectivity index is 1.39. The Morgan fingerprint density at radius 1 is 1.25 bits per heavy atom. The molecular weight excluding hydrogens is 362 g/mol. The number of hydrogen-bond donors (Lipinski definition) is 2. The van der Waals surface area contributed by atoms with E-state index in [0.717, 1.165) is 22.3 Å². The summed E-state index contributed by atoms with van der Waals surface area (Å²) < 4.78 is 5.28. The Hall–Kier alpha value is -3.42. The summed E-state index contributed by atoms with van der Waals surface area (Å²) in [5, 5.41) is 11.9. The number of carboxylic acids is 1. The first-order valence-corrected chi connectivity index (χ1v) is 9.05. The summed E-state index contributed by atoms with van der Waals surface area (Å²) in [5.41, 5.74) is 3.52. The number of aromatic nitrogens is 1. The zero-order valence-electron chi connectivity index (χ0n) is 15.1. The molecule has 0 spiro atoms. The van der Waals surface area contributed by atoms with E-state index in [2.05, 4.69) is 10.3 Å². The van der Waals surface area contributed by atoms with Gasteiger partial charge in [0.05, 0.1) is 6.42 Å². The predicted molar refractivity (Wildman–Crippen MR) is 99.6 cm³/mol. The van der Waals surface area contributed by atoms with Gasteiger partial charge in [0.2, 0.25) is 5.91 Å². The molecule has 1 fully saturated rings. The Kier molecular flexibility index (Phi) is 4.68. The number of likely N-dealkylation sites (tertiary alicyclic amines) is 1. The number of rotatable bonds is 4. The van der Waals surface area contributed by atoms with E-state index in [0.29, 0.717) is 31.6 Å². The SMILES string of the molecule is O=C1Cc2cc(-c3ccc(COC(=O)N4CCC[C@H]4C(=O)O)cc3)cnc2N1. The Labute approximate surface area is 161 Å². The molecule has 0 unspecified atom stereocenters. The number of aliphatic carboxylic acids is 1. The average molecular weight is 381 g/mol. The summed E-state index contributed by atoms with van der Waals surface area (Å²) in [6.45, 7) is 0.472. The van der Waals surface area contributed by atoms with Crippen LogP contribution in [0.2, 0.25) is 0 Å². The van der Waals surface area contributed by atoms with E-state index in [1.54, 1.807) is 6.20 Å². The number of carboxylic acid groups (broad SMARTS) is 1. The highest BCUT2D eigenvalue weighted by Crippen LogP contribution is 2.27. The summed E-state index contributed by atoms with van der Waals surface area (Å²) in [6, 6.07) is 8.62. The summed E-state index contributed by atoms with van der Waals surface area (Å²) in [7, 11) is 0. The standard InChI is InChI=1S/C20H19N3O5/c24-17-9-14-8-15(10-21-18(14)22-17)13-5-3-12(4-6-13)11-28-20(27)23-7-1-2-16(23)19(25)26/h3-6,8,10,16H,1-2,7,9,11H2,(H,25,26)(H,21,22,24)/t16-/m0/s1. The first-order valence-electron chi connectivity index (χ1n) is 9.05. The van der Waals surface area contributed by atoms with Crippen molar-refractivity contribution in [3.63, 3.8) is 0 Å². The van der Waals surface area contributed by atoms with E-state index >= 15 is 0 Å². The highest BCUT2D eigenvalue weighted by atomic mass is 16.6. The minimum Gasteiger partial charge on any atom is -0.480 e. The number of nitrogens with one attached hydrogen (secondary N) is 1. The Bertz CT molecular complexity index is 941. The van der Waals surface area contributed by atoms with E-state index in [1.165, 1.54) is 4.90 Å². The summed E-state index contributed by atoms with van der Waals surface area (Å²) in [4.78, 5) is 40.3. The Morgan fingerprint density at radius 2 is 2.04 bits per heavy atom. The second-order valence-corrected chi connectivity index (χ2v) is 6.90. The van der Waals surface area contributed by atoms with Crippen LogP contribution in [0.3, 0.4) is 0 Å². The highest BCUT2D eigenvalue weighted by Gasteiger charge is 2.34. The van der Waals surface area contributed by atoms with Gasteiger partial charge >= 0.3 is 12.1 Å². The van der Waals surface area contributed by atoms with Gasteiger partial charge in [-0.05, 0) is 30.0 Å². The molecule has 1 saturated heterocycles. The van der Waals surface area contributed by atoms with E-state index in [-0.39, 0.29) is 12.5 Å². The minimum absolute atomic E-state index is 0.0556. The molecule has 0 saturated carbocycles. The lowest BCUT2D eigenvalue weighted by Crippen LogP contribution is -2.40. The molecule has 1 atom stereocenters. The third-order valence-electron chi connectivity index (χ3n) is 5.00. The van der Waals surface area contributed by atoms with Gasteiger partial charge in [0, 0.05) is 23.9 Å². The van der Waals surface area contributed by atoms with Crippen LogP contribution in [0.1, 0.15) is 24.0 Å². The number of nitrogens with zero attached hydrogens (tertiary/aromatic N) is 2. The third-order valence-corrected chi connectivity index (χ3v) is 5.00. The van der Waals surface area contributed by atoms with Gasteiger partial charge in [0.1, 0.15) is 18.5 Å². The van der Waals surface area contributed by atoms with Crippen LogP contribution in [0.5, 0.6) is 0 Å². The van der Waals surface area contributed by atoms with E-state index in [9.17, 15) is 14.4 Å². The van der Waals surface area contributed by atoms with Crippen LogP contribution in [0.15, 0.2) is 36.5 Å². The number of benzene rings is 1. The number of fused-ring (bicyclic) bond motifs is 1. The fraction of sp³-hybridized carbons (Fsp3) is 0.300. The second-order valence-electron chi connectivity index (χ2n) is 6.90. The van der Waals surface area contributed by atoms with Crippen LogP contribution >= 0.6 is 0 Å². The molecule has 2 aliphatic rings. The molecule has 2 N–H and O–H groups in total. The van der Waals surface area contributed by atoms with Gasteiger partial charge in [-0.25, -0.2) is 14.6 Å². The summed E-state index contributed by atoms with van der Waals surface area (Å²) >= 11 is 0. The monoisotopic (exact) mass is 381 g/mol. The van der Waals surface area contributed by atoms with Crippen LogP contribution in [-0.4, -0.2) is 45.5 Å². The first kappa shape index (κ1) is 18.0. The van der Waals surface area contributed by atoms with Crippen LogP contribution in [0, 0.1) is 0 Å². The topological polar surface area (TPSA) is 109 Å². The molecule has 1 aromatic heterocycles. The number of pyridine rings is 1. The number of carbonyl (C=O) groups excluding carboxylic acids is 2. The molecule has 8 heteroatoms. The van der Waals surface area contributed by atoms with Gasteiger partial charge in [-0.3, -0.25) is 9.69 Å². The molecule has 2 aromatic rings. The predicted octanol–water partition coefficient (Wildman–Crippen LogP) is 2.43. The molecule has 144 valence electrons. The zero-order valence-corrected chi connectivity index (χ0v) is 15.1. The zero-order chi connectivity index (χ0) is 19.7. The molecule has 2 aliphatic heterocycles. The van der Waals surface area contributed by atoms with E-state index in [1.807, 2.05) is 30.3 Å². The lowest BCUT2D eigenvalue weighted by Gasteiger charge is -2.20. The van der Waals surface area contributed by atoms with Gasteiger partial charge in [-0.2, -0.15) is 0 Å². The maximum atomic E-state index is 12.2. The number of ether oxygens (including phenoxy) is 1. The number of hydrogen-bond acceptors (Lipinski definition) is 5. The normalized spacial score (nSPS) is 17.9. The van der Waals surface area contributed by atoms with Gasteiger partial charge in [-0.15, -0.1) is 0 Å². The number of anilines is 1. The van der Waals surface area contributed by atoms with Crippen LogP contribution in [0.4, 0.5) is 10.6 Å². The maximum Gasteiger partial charge on any atom is 0.410 e. The van der Waals surface area contributed by atoms with Crippen molar-refractivity contribution in [3.8, 4) is 11.1 Å². The summed E-state index contributed by atoms with van der Waals surface area (Å²) in [5.74, 6) is -0.447. The first-order chi connectivity index (χ1) is 13.5. The fourth-order valence-electron chi connectivity index (χ4n) is 3.53. The smallest absolute Gasteiger partial charge is 0.410 e. The average Bonchev–Trinajstić information content (AvgIpc) is 3.31. The quantitative estimate of drug-likeness (QED) is 0.842. The van der Waals surface area contributed by atoms with Gasteiger partial charge in [0.15, 0.2) is 0 Å². The second kappa shape index (κ2) is 7.30. The number of carbonyl (C=O) groups is 3. The molecule has 28 heavy (non-hydrogen) atoms. The van der Waals surface area contributed by atoms with Gasteiger partial charge in [0.25, 0.3) is 0 Å². The maximum absolute atomic E-state index is 12.2. The van der Waals surface area contributed by atoms with Crippen molar-refractivity contribution in [2.24, 2.45) is 0 Å². The molecule has 3 heterocycles. The molecule has 2 amide bonds. The van der Waals surface area contributed by atoms with Crippen LogP contribution in [0.25, 0.3) is 11.1 Å². The molecule has 0 aliphatic carbocycles. The van der Waals surface area contributed by atoms with E-state index < -0.39 is 18.1 Å². The molecule has 0 radical (unpaired) electrons. The molecular formula is C20H19N3O5. The van der Waals surface area contributed by atoms with Crippen LogP contribution in [-0.2, 0) is 27.4 Å². The van der Waals surface area contributed by atoms with Crippen molar-refractivity contribution in [2.75, 3.05) is 11.9 Å². The minimum atomic E-state index is -1.00. The summed E-state index contributed by atoms with van der Waals surface area (Å²) in [6.07, 6.45) is 2.55. The van der Waals surface area contributed by atoms with Crippen molar-refractivity contribution in [3.05, 3.63) is 47.7 Å². The number of amides is 2. The largest absolute Gasteiger partial charge is 0.480 e. The lowest BCUT2D eigenvalue weighted by atomic mass is 10.0. The van der Waals surface area contributed by atoms with Gasteiger partial charge < -0.3 is 15.2 Å². The molecule has 4 rings (SSSR count). The third kappa shape index (κ3) is 3.53. The van der Waals surface area contributed by atoms with Crippen LogP contribution < -0.4 is 5.32 Å². The van der Waals surface area contributed by atoms with Crippen molar-refractivity contribution >= 4 is 23.8 Å². The fourth-order valence-corrected chi connectivity index (χ4v) is 3.53.